The maximum atomic E-state index is 11.5. The zero-order chi connectivity index (χ0) is 18.0. The normalized spacial score (nSPS) is 10.8. The van der Waals surface area contributed by atoms with Crippen molar-refractivity contribution >= 4 is 22.6 Å². The van der Waals surface area contributed by atoms with Crippen molar-refractivity contribution in [2.75, 3.05) is 20.0 Å². The predicted octanol–water partition coefficient (Wildman–Crippen LogP) is 3.08. The smallest absolute Gasteiger partial charge is 0.309 e. The molecule has 0 saturated heterocycles. The summed E-state index contributed by atoms with van der Waals surface area (Å²) in [6.45, 7) is 0. The first-order valence-corrected chi connectivity index (χ1v) is 8.08. The Bertz CT molecular complexity index is 928. The van der Waals surface area contributed by atoms with E-state index < -0.39 is 0 Å². The Morgan fingerprint density at radius 2 is 1.92 bits per heavy atom. The van der Waals surface area contributed by atoms with Crippen molar-refractivity contribution in [2.45, 2.75) is 12.8 Å². The van der Waals surface area contributed by atoms with E-state index >= 15 is 0 Å². The van der Waals surface area contributed by atoms with E-state index in [0.29, 0.717) is 0 Å². The van der Waals surface area contributed by atoms with Gasteiger partial charge in [-0.2, -0.15) is 0 Å². The second-order valence-electron chi connectivity index (χ2n) is 6.12. The number of nitrogens with two attached hydrogens (primary N) is 1. The molecular formula is C20H22N2O3. The molecule has 1 heterocycles. The first kappa shape index (κ1) is 16.9. The number of ether oxygens (including phenoxy) is 2. The van der Waals surface area contributed by atoms with Crippen LogP contribution in [0, 0.1) is 0 Å². The lowest BCUT2D eigenvalue weighted by molar-refractivity contribution is -0.139. The van der Waals surface area contributed by atoms with Gasteiger partial charge in [-0.3, -0.25) is 4.79 Å². The average Bonchev–Trinajstić information content (AvgIpc) is 2.91. The van der Waals surface area contributed by atoms with E-state index in [-0.39, 0.29) is 12.4 Å². The molecule has 5 nitrogen and oxygen atoms in total. The van der Waals surface area contributed by atoms with Gasteiger partial charge in [0.2, 0.25) is 0 Å². The molecular weight excluding hydrogens is 316 g/mol. The third-order valence-corrected chi connectivity index (χ3v) is 4.40. The van der Waals surface area contributed by atoms with Crippen LogP contribution in [0.4, 0.5) is 5.69 Å². The molecule has 3 rings (SSSR count). The van der Waals surface area contributed by atoms with E-state index in [4.69, 9.17) is 15.2 Å². The van der Waals surface area contributed by atoms with Crippen molar-refractivity contribution in [3.63, 3.8) is 0 Å². The van der Waals surface area contributed by atoms with Crippen LogP contribution in [0.5, 0.6) is 5.75 Å². The highest BCUT2D eigenvalue weighted by Crippen LogP contribution is 2.29. The zero-order valence-electron chi connectivity index (χ0n) is 14.7. The van der Waals surface area contributed by atoms with E-state index in [2.05, 4.69) is 10.8 Å². The Morgan fingerprint density at radius 1 is 1.12 bits per heavy atom. The van der Waals surface area contributed by atoms with E-state index in [1.165, 1.54) is 12.7 Å². The van der Waals surface area contributed by atoms with Crippen LogP contribution < -0.4 is 10.5 Å². The molecule has 0 spiro atoms. The van der Waals surface area contributed by atoms with Crippen LogP contribution in [0.3, 0.4) is 0 Å². The minimum absolute atomic E-state index is 0.234. The molecule has 0 bridgehead atoms. The predicted molar refractivity (Wildman–Crippen MR) is 98.9 cm³/mol. The first-order valence-electron chi connectivity index (χ1n) is 8.08. The van der Waals surface area contributed by atoms with Crippen molar-refractivity contribution < 1.29 is 14.3 Å². The van der Waals surface area contributed by atoms with Gasteiger partial charge in [0.25, 0.3) is 0 Å². The van der Waals surface area contributed by atoms with Crippen LogP contribution in [0.25, 0.3) is 10.9 Å². The Balaban J connectivity index is 1.95. The molecule has 0 atom stereocenters. The third kappa shape index (κ3) is 3.45. The second kappa shape index (κ2) is 6.89. The summed E-state index contributed by atoms with van der Waals surface area (Å²) in [7, 11) is 5.06. The van der Waals surface area contributed by atoms with Gasteiger partial charge in [0, 0.05) is 36.3 Å². The minimum atomic E-state index is -0.265. The Kier molecular flexibility index (Phi) is 4.65. The third-order valence-electron chi connectivity index (χ3n) is 4.40. The second-order valence-corrected chi connectivity index (χ2v) is 6.12. The fraction of sp³-hybridized carbons (Fsp3) is 0.250. The van der Waals surface area contributed by atoms with Crippen molar-refractivity contribution in [2.24, 2.45) is 7.05 Å². The largest absolute Gasteiger partial charge is 0.496 e. The van der Waals surface area contributed by atoms with E-state index in [1.807, 2.05) is 43.4 Å². The molecule has 0 fully saturated rings. The summed E-state index contributed by atoms with van der Waals surface area (Å²) in [5, 5.41) is 1.14. The van der Waals surface area contributed by atoms with Gasteiger partial charge >= 0.3 is 5.97 Å². The van der Waals surface area contributed by atoms with Crippen LogP contribution in [-0.2, 0) is 29.4 Å². The van der Waals surface area contributed by atoms with Crippen LogP contribution in [-0.4, -0.2) is 24.8 Å². The minimum Gasteiger partial charge on any atom is -0.496 e. The number of carbonyl (C=O) groups is 1. The number of rotatable bonds is 5. The topological polar surface area (TPSA) is 66.5 Å². The molecule has 2 N–H and O–H groups in total. The number of benzene rings is 2. The summed E-state index contributed by atoms with van der Waals surface area (Å²) < 4.78 is 12.4. The molecule has 0 unspecified atom stereocenters. The molecule has 1 aromatic heterocycles. The van der Waals surface area contributed by atoms with Crippen LogP contribution >= 0.6 is 0 Å². The molecule has 5 heteroatoms. The highest BCUT2D eigenvalue weighted by Gasteiger charge is 2.12. The summed E-state index contributed by atoms with van der Waals surface area (Å²) in [5.41, 5.74) is 11.0. The lowest BCUT2D eigenvalue weighted by Gasteiger charge is -2.10. The van der Waals surface area contributed by atoms with Gasteiger partial charge in [-0.05, 0) is 41.0 Å². The van der Waals surface area contributed by atoms with Gasteiger partial charge in [-0.25, -0.2) is 0 Å². The van der Waals surface area contributed by atoms with Crippen molar-refractivity contribution in [3.8, 4) is 5.75 Å². The standard InChI is InChI=1S/C20H22N2O3/c1-22-12-15(17-11-16(21)6-7-18(17)22)10-14-5-4-13(8-19(14)24-2)9-20(23)25-3/h4-8,11-12H,9-10,21H2,1-3H3. The lowest BCUT2D eigenvalue weighted by Crippen LogP contribution is -2.05. The summed E-state index contributed by atoms with van der Waals surface area (Å²) >= 11 is 0. The average molecular weight is 338 g/mol. The van der Waals surface area contributed by atoms with Gasteiger partial charge in [0.15, 0.2) is 0 Å². The number of nitrogen functional groups attached to an aromatic ring is 1. The monoisotopic (exact) mass is 338 g/mol. The molecule has 0 amide bonds. The zero-order valence-corrected chi connectivity index (χ0v) is 14.7. The van der Waals surface area contributed by atoms with Crippen molar-refractivity contribution in [3.05, 3.63) is 59.3 Å². The van der Waals surface area contributed by atoms with Gasteiger partial charge in [-0.1, -0.05) is 12.1 Å². The van der Waals surface area contributed by atoms with Crippen LogP contribution in [0.2, 0.25) is 0 Å². The number of methoxy groups -OCH3 is 2. The number of hydrogen-bond donors (Lipinski definition) is 1. The maximum Gasteiger partial charge on any atom is 0.309 e. The maximum absolute atomic E-state index is 11.5. The number of carbonyl (C=O) groups excluding carboxylic acids is 1. The Morgan fingerprint density at radius 3 is 2.64 bits per heavy atom. The number of aryl methyl sites for hydroxylation is 1. The Labute approximate surface area is 147 Å². The molecule has 130 valence electrons. The number of esters is 1. The lowest BCUT2D eigenvalue weighted by atomic mass is 10.0. The SMILES string of the molecule is COC(=O)Cc1ccc(Cc2cn(C)c3ccc(N)cc23)c(OC)c1. The van der Waals surface area contributed by atoms with Gasteiger partial charge < -0.3 is 19.8 Å². The van der Waals surface area contributed by atoms with Gasteiger partial charge in [0.05, 0.1) is 20.6 Å². The van der Waals surface area contributed by atoms with Gasteiger partial charge in [0.1, 0.15) is 5.75 Å². The quantitative estimate of drug-likeness (QED) is 0.573. The van der Waals surface area contributed by atoms with E-state index in [0.717, 1.165) is 39.9 Å². The Hall–Kier alpha value is -2.95. The highest BCUT2D eigenvalue weighted by atomic mass is 16.5. The molecule has 2 aromatic carbocycles. The highest BCUT2D eigenvalue weighted by molar-refractivity contribution is 5.87. The fourth-order valence-corrected chi connectivity index (χ4v) is 3.12. The fourth-order valence-electron chi connectivity index (χ4n) is 3.12. The number of aromatic nitrogens is 1. The molecule has 0 aliphatic heterocycles. The summed E-state index contributed by atoms with van der Waals surface area (Å²) in [5.74, 6) is 0.502. The molecule has 0 aliphatic carbocycles. The first-order chi connectivity index (χ1) is 12.0. The number of anilines is 1. The van der Waals surface area contributed by atoms with Crippen LogP contribution in [0.1, 0.15) is 16.7 Å². The van der Waals surface area contributed by atoms with Crippen molar-refractivity contribution in [1.82, 2.24) is 4.57 Å². The molecule has 25 heavy (non-hydrogen) atoms. The summed E-state index contributed by atoms with van der Waals surface area (Å²) in [6.07, 6.45) is 3.08. The number of fused-ring (bicyclic) bond motifs is 1. The molecule has 0 aliphatic rings. The van der Waals surface area contributed by atoms with Crippen molar-refractivity contribution in [1.29, 1.82) is 0 Å². The summed E-state index contributed by atoms with van der Waals surface area (Å²) in [4.78, 5) is 11.5. The molecule has 0 radical (unpaired) electrons. The summed E-state index contributed by atoms with van der Waals surface area (Å²) in [6, 6.07) is 11.8. The van der Waals surface area contributed by atoms with Gasteiger partial charge in [-0.15, -0.1) is 0 Å². The van der Waals surface area contributed by atoms with E-state index in [9.17, 15) is 4.79 Å². The van der Waals surface area contributed by atoms with Crippen LogP contribution in [0.15, 0.2) is 42.6 Å². The van der Waals surface area contributed by atoms with E-state index in [1.54, 1.807) is 7.11 Å². The molecule has 0 saturated carbocycles. The number of nitrogens with zero attached hydrogens (tertiary/aromatic N) is 1. The molecule has 3 aromatic rings. The number of hydrogen-bond acceptors (Lipinski definition) is 4.